The van der Waals surface area contributed by atoms with Crippen molar-refractivity contribution in [1.29, 1.82) is 0 Å². The van der Waals surface area contributed by atoms with E-state index in [4.69, 9.17) is 0 Å². The average Bonchev–Trinajstić information content (AvgIpc) is 2.80. The van der Waals surface area contributed by atoms with Gasteiger partial charge >= 0.3 is 0 Å². The van der Waals surface area contributed by atoms with Crippen LogP contribution in [0, 0.1) is 13.8 Å². The first-order chi connectivity index (χ1) is 11.7. The van der Waals surface area contributed by atoms with Crippen molar-refractivity contribution in [3.8, 4) is 0 Å². The fourth-order valence-corrected chi connectivity index (χ4v) is 4.45. The number of sulfonamides is 1. The first-order valence-corrected chi connectivity index (χ1v) is 9.90. The van der Waals surface area contributed by atoms with Crippen LogP contribution in [-0.2, 0) is 23.5 Å². The van der Waals surface area contributed by atoms with Crippen LogP contribution in [0.3, 0.4) is 0 Å². The summed E-state index contributed by atoms with van der Waals surface area (Å²) in [7, 11) is 2.04. The number of hydrogen-bond acceptors (Lipinski definition) is 4. The van der Waals surface area contributed by atoms with Crippen LogP contribution in [0.1, 0.15) is 35.5 Å². The maximum absolute atomic E-state index is 12.8. The molecule has 7 heteroatoms. The Balaban J connectivity index is 2.23. The number of likely N-dealkylation sites (N-methyl/N-ethyl adjacent to an activating group) is 1. The molecule has 0 saturated heterocycles. The van der Waals surface area contributed by atoms with Gasteiger partial charge in [0.15, 0.2) is 0 Å². The first-order valence-electron chi connectivity index (χ1n) is 8.42. The van der Waals surface area contributed by atoms with Crippen LogP contribution in [0.4, 0.5) is 0 Å². The summed E-state index contributed by atoms with van der Waals surface area (Å²) in [5.41, 5.74) is 3.51. The van der Waals surface area contributed by atoms with Gasteiger partial charge < -0.3 is 4.90 Å². The molecule has 0 bridgehead atoms. The number of aromatic nitrogens is 2. The predicted octanol–water partition coefficient (Wildman–Crippen LogP) is 2.18. The molecule has 1 N–H and O–H groups in total. The van der Waals surface area contributed by atoms with Gasteiger partial charge in [-0.2, -0.15) is 5.10 Å². The Labute approximate surface area is 150 Å². The van der Waals surface area contributed by atoms with Crippen LogP contribution >= 0.6 is 0 Å². The Morgan fingerprint density at radius 1 is 1.20 bits per heavy atom. The molecule has 0 aliphatic heterocycles. The molecule has 2 rings (SSSR count). The van der Waals surface area contributed by atoms with Crippen molar-refractivity contribution in [3.63, 3.8) is 0 Å². The molecule has 0 fully saturated rings. The molecule has 1 aromatic carbocycles. The normalized spacial score (nSPS) is 13.4. The number of nitrogens with one attached hydrogen (secondary N) is 1. The zero-order chi connectivity index (χ0) is 18.8. The van der Waals surface area contributed by atoms with E-state index < -0.39 is 10.0 Å². The fourth-order valence-electron chi connectivity index (χ4n) is 2.98. The van der Waals surface area contributed by atoms with Gasteiger partial charge in [0.05, 0.1) is 11.4 Å². The topological polar surface area (TPSA) is 67.2 Å². The van der Waals surface area contributed by atoms with Crippen molar-refractivity contribution >= 4 is 10.0 Å². The Kier molecular flexibility index (Phi) is 6.03. The number of rotatable bonds is 7. The third kappa shape index (κ3) is 4.29. The Morgan fingerprint density at radius 3 is 2.24 bits per heavy atom. The molecular weight excluding hydrogens is 336 g/mol. The molecule has 1 unspecified atom stereocenters. The van der Waals surface area contributed by atoms with Crippen LogP contribution in [-0.4, -0.2) is 43.7 Å². The lowest BCUT2D eigenvalue weighted by atomic mass is 10.0. The second-order valence-electron chi connectivity index (χ2n) is 6.55. The number of nitrogens with zero attached hydrogens (tertiary/aromatic N) is 3. The Morgan fingerprint density at radius 2 is 1.80 bits per heavy atom. The minimum absolute atomic E-state index is 0.0436. The molecule has 0 aliphatic rings. The number of aryl methyl sites for hydroxylation is 3. The van der Waals surface area contributed by atoms with Crippen molar-refractivity contribution in [2.45, 2.75) is 38.1 Å². The zero-order valence-corrected chi connectivity index (χ0v) is 16.7. The van der Waals surface area contributed by atoms with E-state index in [1.165, 1.54) is 5.56 Å². The van der Waals surface area contributed by atoms with Gasteiger partial charge in [0.1, 0.15) is 4.90 Å². The Bertz CT molecular complexity index is 824. The molecule has 138 valence electrons. The van der Waals surface area contributed by atoms with Gasteiger partial charge in [-0.05, 0) is 45.5 Å². The van der Waals surface area contributed by atoms with Crippen molar-refractivity contribution in [2.75, 3.05) is 20.6 Å². The molecular formula is C18H28N4O2S. The molecule has 0 aliphatic carbocycles. The van der Waals surface area contributed by atoms with Crippen molar-refractivity contribution in [1.82, 2.24) is 19.4 Å². The summed E-state index contributed by atoms with van der Waals surface area (Å²) >= 11 is 0. The number of benzene rings is 1. The summed E-state index contributed by atoms with van der Waals surface area (Å²) in [5, 5.41) is 4.20. The Hall–Kier alpha value is -1.70. The third-order valence-electron chi connectivity index (χ3n) is 4.57. The second-order valence-corrected chi connectivity index (χ2v) is 8.25. The summed E-state index contributed by atoms with van der Waals surface area (Å²) in [6.07, 6.45) is 0.985. The molecule has 6 nitrogen and oxygen atoms in total. The van der Waals surface area contributed by atoms with E-state index >= 15 is 0 Å². The van der Waals surface area contributed by atoms with Crippen LogP contribution in [0.15, 0.2) is 29.2 Å². The van der Waals surface area contributed by atoms with E-state index in [9.17, 15) is 8.42 Å². The van der Waals surface area contributed by atoms with E-state index in [0.29, 0.717) is 17.9 Å². The lowest BCUT2D eigenvalue weighted by Crippen LogP contribution is -2.35. The van der Waals surface area contributed by atoms with Crippen LogP contribution < -0.4 is 4.72 Å². The maximum Gasteiger partial charge on any atom is 0.244 e. The second kappa shape index (κ2) is 7.68. The van der Waals surface area contributed by atoms with Crippen molar-refractivity contribution in [3.05, 3.63) is 46.8 Å². The number of hydrogen-bond donors (Lipinski definition) is 1. The van der Waals surface area contributed by atoms with Gasteiger partial charge in [-0.1, -0.05) is 31.2 Å². The highest BCUT2D eigenvalue weighted by molar-refractivity contribution is 7.89. The summed E-state index contributed by atoms with van der Waals surface area (Å²) in [5.74, 6) is 0. The van der Waals surface area contributed by atoms with Gasteiger partial charge in [-0.3, -0.25) is 4.68 Å². The summed E-state index contributed by atoms with van der Waals surface area (Å²) in [4.78, 5) is 2.29. The molecule has 25 heavy (non-hydrogen) atoms. The quantitative estimate of drug-likeness (QED) is 0.818. The molecule has 0 saturated carbocycles. The minimum Gasteiger partial charge on any atom is -0.301 e. The molecule has 0 spiro atoms. The highest BCUT2D eigenvalue weighted by Crippen LogP contribution is 2.22. The van der Waals surface area contributed by atoms with Gasteiger partial charge in [0.25, 0.3) is 0 Å². The highest BCUT2D eigenvalue weighted by Gasteiger charge is 2.25. The van der Waals surface area contributed by atoms with E-state index in [2.05, 4.69) is 41.0 Å². The maximum atomic E-state index is 12.8. The summed E-state index contributed by atoms with van der Waals surface area (Å²) in [6.45, 7) is 5.90. The lowest BCUT2D eigenvalue weighted by Gasteiger charge is -2.25. The standard InChI is InChI=1S/C18H28N4O2S/c1-7-15-8-10-16(11-9-15)17(21(4)5)12-19-25(23,24)18-13(2)20-22(6)14(18)3/h8-11,17,19H,7,12H2,1-6H3. The molecule has 2 aromatic rings. The fraction of sp³-hybridized carbons (Fsp3) is 0.500. The zero-order valence-electron chi connectivity index (χ0n) is 15.9. The van der Waals surface area contributed by atoms with Gasteiger partial charge in [0, 0.05) is 19.6 Å². The van der Waals surface area contributed by atoms with E-state index in [1.807, 2.05) is 19.0 Å². The molecule has 1 aromatic heterocycles. The van der Waals surface area contributed by atoms with Gasteiger partial charge in [-0.15, -0.1) is 0 Å². The average molecular weight is 365 g/mol. The largest absolute Gasteiger partial charge is 0.301 e. The van der Waals surface area contributed by atoms with Crippen LogP contribution in [0.5, 0.6) is 0 Å². The van der Waals surface area contributed by atoms with Gasteiger partial charge in [0.2, 0.25) is 10.0 Å². The molecule has 0 radical (unpaired) electrons. The minimum atomic E-state index is -3.61. The predicted molar refractivity (Wildman–Crippen MR) is 100 cm³/mol. The molecule has 0 amide bonds. The van der Waals surface area contributed by atoms with Crippen molar-refractivity contribution in [2.24, 2.45) is 7.05 Å². The first kappa shape index (κ1) is 19.6. The van der Waals surface area contributed by atoms with Crippen LogP contribution in [0.2, 0.25) is 0 Å². The van der Waals surface area contributed by atoms with Gasteiger partial charge in [-0.25, -0.2) is 13.1 Å². The lowest BCUT2D eigenvalue weighted by molar-refractivity contribution is 0.299. The van der Waals surface area contributed by atoms with E-state index in [-0.39, 0.29) is 10.9 Å². The molecule has 1 atom stereocenters. The monoisotopic (exact) mass is 364 g/mol. The smallest absolute Gasteiger partial charge is 0.244 e. The summed E-state index contributed by atoms with van der Waals surface area (Å²) in [6, 6.07) is 8.28. The van der Waals surface area contributed by atoms with E-state index in [1.54, 1.807) is 25.6 Å². The van der Waals surface area contributed by atoms with Crippen molar-refractivity contribution < 1.29 is 8.42 Å². The third-order valence-corrected chi connectivity index (χ3v) is 6.25. The highest BCUT2D eigenvalue weighted by atomic mass is 32.2. The SMILES string of the molecule is CCc1ccc(C(CNS(=O)(=O)c2c(C)nn(C)c2C)N(C)C)cc1. The van der Waals surface area contributed by atoms with E-state index in [0.717, 1.165) is 12.0 Å². The molecule has 1 heterocycles. The summed E-state index contributed by atoms with van der Waals surface area (Å²) < 4.78 is 29.9. The van der Waals surface area contributed by atoms with Crippen LogP contribution in [0.25, 0.3) is 0 Å².